The third kappa shape index (κ3) is 5.82. The van der Waals surface area contributed by atoms with Gasteiger partial charge in [-0.25, -0.2) is 9.18 Å². The van der Waals surface area contributed by atoms with E-state index in [1.165, 1.54) is 12.1 Å². The highest BCUT2D eigenvalue weighted by molar-refractivity contribution is 6.15. The number of halogens is 4. The van der Waals surface area contributed by atoms with Crippen LogP contribution >= 0.6 is 0 Å². The molecule has 0 bridgehead atoms. The van der Waals surface area contributed by atoms with Gasteiger partial charge in [0.15, 0.2) is 0 Å². The van der Waals surface area contributed by atoms with Crippen LogP contribution in [0.1, 0.15) is 18.1 Å². The van der Waals surface area contributed by atoms with Crippen molar-refractivity contribution in [3.05, 3.63) is 89.5 Å². The van der Waals surface area contributed by atoms with E-state index in [4.69, 9.17) is 4.74 Å². The molecule has 170 valence electrons. The van der Waals surface area contributed by atoms with Gasteiger partial charge in [-0.1, -0.05) is 6.07 Å². The molecule has 1 aromatic heterocycles. The third-order valence-corrected chi connectivity index (χ3v) is 4.53. The zero-order valence-electron chi connectivity index (χ0n) is 17.3. The van der Waals surface area contributed by atoms with Gasteiger partial charge < -0.3 is 9.84 Å². The van der Waals surface area contributed by atoms with Crippen LogP contribution in [-0.4, -0.2) is 28.9 Å². The molecule has 33 heavy (non-hydrogen) atoms. The molecule has 0 atom stereocenters. The normalized spacial score (nSPS) is 12.5. The van der Waals surface area contributed by atoms with Crippen LogP contribution in [0, 0.1) is 5.82 Å². The van der Waals surface area contributed by atoms with Crippen molar-refractivity contribution in [2.75, 3.05) is 6.61 Å². The second-order valence-corrected chi connectivity index (χ2v) is 6.72. The lowest BCUT2D eigenvalue weighted by Crippen LogP contribution is -2.12. The van der Waals surface area contributed by atoms with Crippen LogP contribution in [0.25, 0.3) is 16.9 Å². The van der Waals surface area contributed by atoms with Crippen LogP contribution in [0.2, 0.25) is 0 Å². The summed E-state index contributed by atoms with van der Waals surface area (Å²) in [5, 5.41) is 10.6. The number of hydrogen-bond donors (Lipinski definition) is 1. The number of benzene rings is 2. The maximum Gasteiger partial charge on any atom is 0.416 e. The molecule has 0 unspecified atom stereocenters. The van der Waals surface area contributed by atoms with Crippen LogP contribution in [-0.2, 0) is 15.7 Å². The highest BCUT2D eigenvalue weighted by Crippen LogP contribution is 2.30. The predicted octanol–water partition coefficient (Wildman–Crippen LogP) is 6.14. The Bertz CT molecular complexity index is 1190. The van der Waals surface area contributed by atoms with Crippen LogP contribution < -0.4 is 0 Å². The Balaban J connectivity index is 1.98. The minimum Gasteiger partial charge on any atom is -0.506 e. The molecule has 0 spiro atoms. The second kappa shape index (κ2) is 10.1. The summed E-state index contributed by atoms with van der Waals surface area (Å²) in [6.45, 7) is 1.52. The molecule has 0 aliphatic heterocycles. The van der Waals surface area contributed by atoms with Gasteiger partial charge in [-0.2, -0.15) is 13.2 Å². The van der Waals surface area contributed by atoms with Crippen molar-refractivity contribution >= 4 is 23.6 Å². The Kier molecular flexibility index (Phi) is 7.22. The zero-order chi connectivity index (χ0) is 24.0. The smallest absolute Gasteiger partial charge is 0.416 e. The molecule has 0 saturated heterocycles. The molecule has 9 heteroatoms. The molecule has 0 aliphatic carbocycles. The van der Waals surface area contributed by atoms with E-state index in [-0.39, 0.29) is 17.9 Å². The average Bonchev–Trinajstić information content (AvgIpc) is 2.79. The maximum absolute atomic E-state index is 14.8. The molecule has 5 nitrogen and oxygen atoms in total. The number of aliphatic imine (C=N–C) groups is 1. The minimum atomic E-state index is -4.50. The van der Waals surface area contributed by atoms with Gasteiger partial charge in [0.2, 0.25) is 0 Å². The molecule has 3 rings (SSSR count). The summed E-state index contributed by atoms with van der Waals surface area (Å²) in [5.41, 5.74) is -0.258. The number of carbonyl (C=O) groups excluding carboxylic acids is 1. The maximum atomic E-state index is 14.8. The highest BCUT2D eigenvalue weighted by atomic mass is 19.4. The fourth-order valence-corrected chi connectivity index (χ4v) is 2.87. The monoisotopic (exact) mass is 458 g/mol. The first kappa shape index (κ1) is 23.6. The summed E-state index contributed by atoms with van der Waals surface area (Å²) in [4.78, 5) is 20.2. The lowest BCUT2D eigenvalue weighted by molar-refractivity contribution is -0.138. The summed E-state index contributed by atoms with van der Waals surface area (Å²) >= 11 is 0. The summed E-state index contributed by atoms with van der Waals surface area (Å²) < 4.78 is 57.8. The number of aromatic nitrogens is 1. The summed E-state index contributed by atoms with van der Waals surface area (Å²) in [5.74, 6) is -2.49. The van der Waals surface area contributed by atoms with E-state index in [0.717, 1.165) is 30.5 Å². The van der Waals surface area contributed by atoms with E-state index in [2.05, 4.69) is 9.98 Å². The molecule has 0 radical (unpaired) electrons. The molecule has 0 fully saturated rings. The largest absolute Gasteiger partial charge is 0.506 e. The van der Waals surface area contributed by atoms with Gasteiger partial charge >= 0.3 is 12.1 Å². The standard InChI is InChI=1S/C24H18F4N2O3/c1-2-33-23(32)20(14-30-18-6-4-17(5-7-18)24(26,27)28)22(31)19-8-3-16(13-21(19)25)15-9-11-29-12-10-15/h3-14,31H,2H2,1H3/b22-20+,30-14?. The van der Waals surface area contributed by atoms with Crippen molar-refractivity contribution in [2.24, 2.45) is 4.99 Å². The summed E-state index contributed by atoms with van der Waals surface area (Å²) in [7, 11) is 0. The van der Waals surface area contributed by atoms with Gasteiger partial charge in [-0.3, -0.25) is 9.98 Å². The van der Waals surface area contributed by atoms with Crippen molar-refractivity contribution in [3.8, 4) is 11.1 Å². The van der Waals surface area contributed by atoms with Crippen molar-refractivity contribution in [1.29, 1.82) is 0 Å². The first-order valence-electron chi connectivity index (χ1n) is 9.72. The molecule has 1 heterocycles. The number of nitrogens with zero attached hydrogens (tertiary/aromatic N) is 2. The van der Waals surface area contributed by atoms with Crippen LogP contribution in [0.15, 0.2) is 77.6 Å². The van der Waals surface area contributed by atoms with Crippen molar-refractivity contribution in [2.45, 2.75) is 13.1 Å². The van der Waals surface area contributed by atoms with Crippen molar-refractivity contribution < 1.29 is 32.2 Å². The van der Waals surface area contributed by atoms with E-state index in [1.807, 2.05) is 0 Å². The first-order chi connectivity index (χ1) is 15.7. The van der Waals surface area contributed by atoms with E-state index >= 15 is 0 Å². The van der Waals surface area contributed by atoms with Gasteiger partial charge in [-0.15, -0.1) is 0 Å². The molecule has 0 amide bonds. The summed E-state index contributed by atoms with van der Waals surface area (Å²) in [6, 6.07) is 11.3. The summed E-state index contributed by atoms with van der Waals surface area (Å²) in [6.07, 6.45) is -0.479. The number of alkyl halides is 3. The van der Waals surface area contributed by atoms with Crippen LogP contribution in [0.4, 0.5) is 23.2 Å². The third-order valence-electron chi connectivity index (χ3n) is 4.53. The molecular formula is C24H18F4N2O3. The quantitative estimate of drug-likeness (QED) is 0.158. The number of carbonyl (C=O) groups is 1. The molecule has 0 aliphatic rings. The van der Waals surface area contributed by atoms with E-state index in [0.29, 0.717) is 11.1 Å². The number of pyridine rings is 1. The SMILES string of the molecule is CCOC(=O)/C(C=Nc1ccc(C(F)(F)F)cc1)=C(/O)c1ccc(-c2ccncc2)cc1F. The topological polar surface area (TPSA) is 71.8 Å². The van der Waals surface area contributed by atoms with Crippen LogP contribution in [0.5, 0.6) is 0 Å². The Morgan fingerprint density at radius 3 is 2.30 bits per heavy atom. The lowest BCUT2D eigenvalue weighted by Gasteiger charge is -2.10. The van der Waals surface area contributed by atoms with Gasteiger partial charge in [0.05, 0.1) is 23.4 Å². The number of rotatable bonds is 6. The number of aliphatic hydroxyl groups excluding tert-OH is 1. The fraction of sp³-hybridized carbons (Fsp3) is 0.125. The molecule has 3 aromatic rings. The minimum absolute atomic E-state index is 0.0206. The lowest BCUT2D eigenvalue weighted by atomic mass is 10.0. The molecule has 0 saturated carbocycles. The second-order valence-electron chi connectivity index (χ2n) is 6.72. The number of aliphatic hydroxyl groups is 1. The van der Waals surface area contributed by atoms with E-state index in [9.17, 15) is 27.5 Å². The Hall–Kier alpha value is -4.01. The number of esters is 1. The highest BCUT2D eigenvalue weighted by Gasteiger charge is 2.30. The van der Waals surface area contributed by atoms with Crippen molar-refractivity contribution in [3.63, 3.8) is 0 Å². The van der Waals surface area contributed by atoms with E-state index < -0.39 is 34.9 Å². The Morgan fingerprint density at radius 1 is 1.06 bits per heavy atom. The molecular weight excluding hydrogens is 440 g/mol. The number of ether oxygens (including phenoxy) is 1. The molecule has 1 N–H and O–H groups in total. The van der Waals surface area contributed by atoms with Crippen LogP contribution in [0.3, 0.4) is 0 Å². The Morgan fingerprint density at radius 2 is 1.73 bits per heavy atom. The van der Waals surface area contributed by atoms with Gasteiger partial charge in [0.25, 0.3) is 0 Å². The fourth-order valence-electron chi connectivity index (χ4n) is 2.87. The molecule has 2 aromatic carbocycles. The first-order valence-corrected chi connectivity index (χ1v) is 9.72. The van der Waals surface area contributed by atoms with Gasteiger partial charge in [-0.05, 0) is 66.6 Å². The number of hydrogen-bond acceptors (Lipinski definition) is 5. The zero-order valence-corrected chi connectivity index (χ0v) is 17.3. The van der Waals surface area contributed by atoms with Gasteiger partial charge in [0.1, 0.15) is 17.1 Å². The van der Waals surface area contributed by atoms with Crippen molar-refractivity contribution in [1.82, 2.24) is 4.98 Å². The Labute approximate surface area is 186 Å². The predicted molar refractivity (Wildman–Crippen MR) is 115 cm³/mol. The van der Waals surface area contributed by atoms with E-state index in [1.54, 1.807) is 37.5 Å². The van der Waals surface area contributed by atoms with Gasteiger partial charge in [0, 0.05) is 18.6 Å². The average molecular weight is 458 g/mol.